The number of unbranched alkanes of at least 4 members (excludes halogenated alkanes) is 1. The monoisotopic (exact) mass is 304 g/mol. The second-order valence-electron chi connectivity index (χ2n) is 5.25. The standard InChI is InChI=1S/C17H28N2OSi/c1-4-7-10-15(5-2)14-20-17-12-9-8-11-16(17)13-18-19-21-6-3/h6,8-9,11-12,15H,3-5,7,10,13-14,21H2,1-2H3. The van der Waals surface area contributed by atoms with Crippen molar-refractivity contribution in [2.24, 2.45) is 15.8 Å². The van der Waals surface area contributed by atoms with Crippen LogP contribution in [0.2, 0.25) is 0 Å². The summed E-state index contributed by atoms with van der Waals surface area (Å²) in [5, 5.41) is 4.22. The van der Waals surface area contributed by atoms with E-state index in [4.69, 9.17) is 4.74 Å². The van der Waals surface area contributed by atoms with Crippen LogP contribution in [0.4, 0.5) is 0 Å². The number of rotatable bonds is 11. The van der Waals surface area contributed by atoms with Gasteiger partial charge in [0.15, 0.2) is 0 Å². The van der Waals surface area contributed by atoms with Gasteiger partial charge in [0.2, 0.25) is 9.68 Å². The quantitative estimate of drug-likeness (QED) is 0.439. The molecule has 0 amide bonds. The summed E-state index contributed by atoms with van der Waals surface area (Å²) < 4.78 is 10.2. The molecular formula is C17H28N2OSi. The molecule has 0 fully saturated rings. The Bertz CT molecular complexity index is 435. The molecule has 0 bridgehead atoms. The second kappa shape index (κ2) is 11.3. The Kier molecular flexibility index (Phi) is 9.45. The fourth-order valence-electron chi connectivity index (χ4n) is 2.12. The molecule has 1 atom stereocenters. The predicted octanol–water partition coefficient (Wildman–Crippen LogP) is 4.46. The first-order valence-corrected chi connectivity index (χ1v) is 9.41. The molecule has 21 heavy (non-hydrogen) atoms. The summed E-state index contributed by atoms with van der Waals surface area (Å²) >= 11 is 0. The molecule has 0 saturated heterocycles. The van der Waals surface area contributed by atoms with E-state index in [1.807, 2.05) is 23.9 Å². The molecule has 1 aromatic rings. The van der Waals surface area contributed by atoms with Gasteiger partial charge in [-0.15, -0.1) is 6.58 Å². The van der Waals surface area contributed by atoms with Gasteiger partial charge in [0, 0.05) is 5.56 Å². The molecule has 0 spiro atoms. The van der Waals surface area contributed by atoms with E-state index < -0.39 is 9.68 Å². The molecule has 1 unspecified atom stereocenters. The van der Waals surface area contributed by atoms with Crippen molar-refractivity contribution in [2.75, 3.05) is 6.61 Å². The first-order chi connectivity index (χ1) is 10.3. The summed E-state index contributed by atoms with van der Waals surface area (Å²) in [4.78, 5) is 0. The molecular weight excluding hydrogens is 276 g/mol. The largest absolute Gasteiger partial charge is 0.493 e. The Balaban J connectivity index is 2.55. The minimum Gasteiger partial charge on any atom is -0.493 e. The fourth-order valence-corrected chi connectivity index (χ4v) is 2.45. The number of benzene rings is 1. The Morgan fingerprint density at radius 3 is 2.86 bits per heavy atom. The summed E-state index contributed by atoms with van der Waals surface area (Å²) in [5.74, 6) is 1.60. The van der Waals surface area contributed by atoms with Crippen molar-refractivity contribution in [3.8, 4) is 5.75 Å². The first-order valence-electron chi connectivity index (χ1n) is 7.96. The van der Waals surface area contributed by atoms with Crippen molar-refractivity contribution in [1.29, 1.82) is 0 Å². The number of nitrogens with zero attached hydrogens (tertiary/aromatic N) is 2. The molecule has 116 valence electrons. The van der Waals surface area contributed by atoms with Gasteiger partial charge in [-0.05, 0) is 18.4 Å². The maximum Gasteiger partial charge on any atom is 0.201 e. The highest BCUT2D eigenvalue weighted by atomic mass is 28.2. The molecule has 0 radical (unpaired) electrons. The van der Waals surface area contributed by atoms with Crippen LogP contribution in [-0.2, 0) is 6.54 Å². The highest BCUT2D eigenvalue weighted by Crippen LogP contribution is 2.21. The minimum absolute atomic E-state index is 0.563. The van der Waals surface area contributed by atoms with E-state index in [-0.39, 0.29) is 0 Å². The Morgan fingerprint density at radius 2 is 2.14 bits per heavy atom. The van der Waals surface area contributed by atoms with Crippen molar-refractivity contribution >= 4 is 9.68 Å². The van der Waals surface area contributed by atoms with Crippen LogP contribution in [0, 0.1) is 5.92 Å². The lowest BCUT2D eigenvalue weighted by molar-refractivity contribution is 0.231. The molecule has 4 heteroatoms. The zero-order valence-electron chi connectivity index (χ0n) is 13.4. The lowest BCUT2D eigenvalue weighted by Gasteiger charge is -2.17. The molecule has 0 heterocycles. The van der Waals surface area contributed by atoms with E-state index in [1.165, 1.54) is 25.7 Å². The molecule has 0 aliphatic heterocycles. The lowest BCUT2D eigenvalue weighted by atomic mass is 10.0. The molecule has 0 aliphatic carbocycles. The van der Waals surface area contributed by atoms with Crippen LogP contribution in [0.1, 0.15) is 45.1 Å². The van der Waals surface area contributed by atoms with Gasteiger partial charge < -0.3 is 4.74 Å². The molecule has 1 rings (SSSR count). The number of para-hydroxylation sites is 1. The summed E-state index contributed by atoms with van der Waals surface area (Å²) in [6.07, 6.45) is 4.96. The van der Waals surface area contributed by atoms with Gasteiger partial charge >= 0.3 is 0 Å². The van der Waals surface area contributed by atoms with E-state index in [2.05, 4.69) is 36.4 Å². The van der Waals surface area contributed by atoms with Crippen molar-refractivity contribution in [1.82, 2.24) is 0 Å². The number of hydrogen-bond acceptors (Lipinski definition) is 3. The zero-order chi connectivity index (χ0) is 15.3. The summed E-state index contributed by atoms with van der Waals surface area (Å²) in [6, 6.07) is 8.14. The molecule has 1 aromatic carbocycles. The maximum absolute atomic E-state index is 6.03. The summed E-state index contributed by atoms with van der Waals surface area (Å²) in [7, 11) is -0.563. The van der Waals surface area contributed by atoms with E-state index in [0.29, 0.717) is 12.5 Å². The van der Waals surface area contributed by atoms with Crippen LogP contribution in [0.15, 0.2) is 46.4 Å². The van der Waals surface area contributed by atoms with Gasteiger partial charge in [-0.1, -0.05) is 57.0 Å². The van der Waals surface area contributed by atoms with E-state index in [1.54, 1.807) is 0 Å². The van der Waals surface area contributed by atoms with Gasteiger partial charge in [-0.25, -0.2) is 4.78 Å². The Labute approximate surface area is 131 Å². The number of hydrogen-bond donors (Lipinski definition) is 0. The fraction of sp³-hybridized carbons (Fsp3) is 0.529. The van der Waals surface area contributed by atoms with Crippen LogP contribution < -0.4 is 4.74 Å². The third-order valence-electron chi connectivity index (χ3n) is 3.54. The lowest BCUT2D eigenvalue weighted by Crippen LogP contribution is -2.12. The van der Waals surface area contributed by atoms with Crippen molar-refractivity contribution < 1.29 is 4.74 Å². The van der Waals surface area contributed by atoms with Crippen molar-refractivity contribution in [3.05, 3.63) is 42.1 Å². The van der Waals surface area contributed by atoms with Crippen LogP contribution in [0.3, 0.4) is 0 Å². The predicted molar refractivity (Wildman–Crippen MR) is 92.5 cm³/mol. The third kappa shape index (κ3) is 7.23. The molecule has 0 saturated carbocycles. The highest BCUT2D eigenvalue weighted by Gasteiger charge is 2.08. The maximum atomic E-state index is 6.03. The number of ether oxygens (including phenoxy) is 1. The second-order valence-corrected chi connectivity index (χ2v) is 6.47. The van der Waals surface area contributed by atoms with Gasteiger partial charge in [-0.3, -0.25) is 0 Å². The molecule has 3 nitrogen and oxygen atoms in total. The van der Waals surface area contributed by atoms with E-state index in [0.717, 1.165) is 17.9 Å². The normalized spacial score (nSPS) is 13.0. The average molecular weight is 305 g/mol. The SMILES string of the molecule is C=C[SiH2]N=NCc1ccccc1OCC(CC)CCCC. The van der Waals surface area contributed by atoms with Gasteiger partial charge in [-0.2, -0.15) is 5.11 Å². The van der Waals surface area contributed by atoms with Crippen molar-refractivity contribution in [3.63, 3.8) is 0 Å². The third-order valence-corrected chi connectivity index (χ3v) is 4.16. The van der Waals surface area contributed by atoms with Gasteiger partial charge in [0.25, 0.3) is 0 Å². The van der Waals surface area contributed by atoms with Crippen LogP contribution in [0.25, 0.3) is 0 Å². The Hall–Kier alpha value is -1.42. The van der Waals surface area contributed by atoms with Crippen molar-refractivity contribution in [2.45, 2.75) is 46.1 Å². The molecule has 0 N–H and O–H groups in total. The first kappa shape index (κ1) is 17.6. The van der Waals surface area contributed by atoms with Gasteiger partial charge in [0.05, 0.1) is 13.2 Å². The Morgan fingerprint density at radius 1 is 1.33 bits per heavy atom. The average Bonchev–Trinajstić information content (AvgIpc) is 2.53. The smallest absolute Gasteiger partial charge is 0.201 e. The minimum atomic E-state index is -0.563. The van der Waals surface area contributed by atoms with Crippen LogP contribution in [-0.4, -0.2) is 16.3 Å². The molecule has 0 aromatic heterocycles. The topological polar surface area (TPSA) is 34.0 Å². The highest BCUT2D eigenvalue weighted by molar-refractivity contribution is 6.39. The van der Waals surface area contributed by atoms with Crippen LogP contribution in [0.5, 0.6) is 5.75 Å². The van der Waals surface area contributed by atoms with Gasteiger partial charge in [0.1, 0.15) is 5.75 Å². The summed E-state index contributed by atoms with van der Waals surface area (Å²) in [5.41, 5.74) is 3.00. The van der Waals surface area contributed by atoms with E-state index >= 15 is 0 Å². The van der Waals surface area contributed by atoms with Crippen LogP contribution >= 0.6 is 0 Å². The summed E-state index contributed by atoms with van der Waals surface area (Å²) in [6.45, 7) is 9.56. The van der Waals surface area contributed by atoms with E-state index in [9.17, 15) is 0 Å². The molecule has 0 aliphatic rings. The zero-order valence-corrected chi connectivity index (χ0v) is 14.8.